The number of anilines is 1. The molecule has 2 fully saturated rings. The summed E-state index contributed by atoms with van der Waals surface area (Å²) < 4.78 is 2.04. The summed E-state index contributed by atoms with van der Waals surface area (Å²) in [7, 11) is 0. The van der Waals surface area contributed by atoms with E-state index in [1.807, 2.05) is 23.8 Å². The molecule has 144 valence electrons. The maximum atomic E-state index is 13.0. The van der Waals surface area contributed by atoms with Crippen LogP contribution >= 0.6 is 0 Å². The molecule has 1 saturated carbocycles. The molecule has 1 amide bonds. The minimum absolute atomic E-state index is 0.0760. The number of amides is 1. The van der Waals surface area contributed by atoms with Gasteiger partial charge in [0.2, 0.25) is 0 Å². The monoisotopic (exact) mass is 368 g/mol. The SMILES string of the molecule is Cc1ccc(N2CCCC2)c(C(=O)N[C@@H]2CC(Cn3ccnc3)C[C@H]2O)c1. The average molecular weight is 368 g/mol. The molecule has 27 heavy (non-hydrogen) atoms. The second-order valence-corrected chi connectivity index (χ2v) is 7.96. The van der Waals surface area contributed by atoms with E-state index in [-0.39, 0.29) is 11.9 Å². The van der Waals surface area contributed by atoms with Crippen molar-refractivity contribution in [3.05, 3.63) is 48.0 Å². The van der Waals surface area contributed by atoms with Gasteiger partial charge < -0.3 is 19.9 Å². The molecule has 6 nitrogen and oxygen atoms in total. The van der Waals surface area contributed by atoms with Gasteiger partial charge in [-0.3, -0.25) is 4.79 Å². The van der Waals surface area contributed by atoms with Gasteiger partial charge in [0, 0.05) is 37.7 Å². The largest absolute Gasteiger partial charge is 0.391 e. The van der Waals surface area contributed by atoms with E-state index in [0.29, 0.717) is 12.3 Å². The molecular formula is C21H28N4O2. The van der Waals surface area contributed by atoms with E-state index in [0.717, 1.165) is 42.9 Å². The number of benzene rings is 1. The fourth-order valence-corrected chi connectivity index (χ4v) is 4.43. The number of rotatable bonds is 5. The number of hydrogen-bond donors (Lipinski definition) is 2. The first-order chi connectivity index (χ1) is 13.1. The molecule has 0 spiro atoms. The summed E-state index contributed by atoms with van der Waals surface area (Å²) >= 11 is 0. The molecule has 1 unspecified atom stereocenters. The van der Waals surface area contributed by atoms with Gasteiger partial charge in [-0.15, -0.1) is 0 Å². The molecule has 6 heteroatoms. The van der Waals surface area contributed by atoms with Crippen LogP contribution in [0.25, 0.3) is 0 Å². The number of imidazole rings is 1. The third kappa shape index (κ3) is 4.00. The zero-order valence-corrected chi connectivity index (χ0v) is 15.8. The van der Waals surface area contributed by atoms with Gasteiger partial charge in [-0.2, -0.15) is 0 Å². The highest BCUT2D eigenvalue weighted by molar-refractivity contribution is 6.00. The van der Waals surface area contributed by atoms with Crippen molar-refractivity contribution in [1.29, 1.82) is 0 Å². The number of carbonyl (C=O) groups excluding carboxylic acids is 1. The van der Waals surface area contributed by atoms with Crippen molar-refractivity contribution < 1.29 is 9.90 Å². The van der Waals surface area contributed by atoms with Crippen LogP contribution in [0.3, 0.4) is 0 Å². The number of aromatic nitrogens is 2. The zero-order valence-electron chi connectivity index (χ0n) is 15.8. The lowest BCUT2D eigenvalue weighted by Gasteiger charge is -2.23. The molecule has 1 aliphatic carbocycles. The van der Waals surface area contributed by atoms with Gasteiger partial charge in [-0.1, -0.05) is 11.6 Å². The smallest absolute Gasteiger partial charge is 0.253 e. The van der Waals surface area contributed by atoms with Gasteiger partial charge in [0.15, 0.2) is 0 Å². The maximum Gasteiger partial charge on any atom is 0.253 e. The number of nitrogens with zero attached hydrogens (tertiary/aromatic N) is 3. The van der Waals surface area contributed by atoms with Crippen LogP contribution in [-0.4, -0.2) is 45.8 Å². The summed E-state index contributed by atoms with van der Waals surface area (Å²) in [4.78, 5) is 19.4. The number of carbonyl (C=O) groups is 1. The van der Waals surface area contributed by atoms with Gasteiger partial charge in [0.25, 0.3) is 5.91 Å². The highest BCUT2D eigenvalue weighted by Crippen LogP contribution is 2.29. The van der Waals surface area contributed by atoms with E-state index in [1.54, 1.807) is 12.5 Å². The lowest BCUT2D eigenvalue weighted by molar-refractivity contribution is 0.0873. The molecule has 1 saturated heterocycles. The summed E-state index contributed by atoms with van der Waals surface area (Å²) in [6.45, 7) is 4.84. The third-order valence-corrected chi connectivity index (χ3v) is 5.81. The van der Waals surface area contributed by atoms with Crippen LogP contribution in [0.4, 0.5) is 5.69 Å². The Balaban J connectivity index is 1.45. The fraction of sp³-hybridized carbons (Fsp3) is 0.524. The van der Waals surface area contributed by atoms with Crippen LogP contribution in [0, 0.1) is 12.8 Å². The predicted octanol–water partition coefficient (Wildman–Crippen LogP) is 2.36. The molecule has 4 rings (SSSR count). The van der Waals surface area contributed by atoms with Gasteiger partial charge >= 0.3 is 0 Å². The van der Waals surface area contributed by atoms with Crippen molar-refractivity contribution in [2.45, 2.75) is 51.3 Å². The number of nitrogens with one attached hydrogen (secondary N) is 1. The Morgan fingerprint density at radius 1 is 1.30 bits per heavy atom. The molecule has 0 radical (unpaired) electrons. The van der Waals surface area contributed by atoms with E-state index < -0.39 is 6.10 Å². The van der Waals surface area contributed by atoms with Crippen LogP contribution in [0.5, 0.6) is 0 Å². The Morgan fingerprint density at radius 2 is 2.11 bits per heavy atom. The summed E-state index contributed by atoms with van der Waals surface area (Å²) in [5.74, 6) is 0.267. The molecule has 2 aliphatic rings. The Bertz CT molecular complexity index is 783. The topological polar surface area (TPSA) is 70.4 Å². The van der Waals surface area contributed by atoms with E-state index in [9.17, 15) is 9.90 Å². The first-order valence-corrected chi connectivity index (χ1v) is 9.90. The predicted molar refractivity (Wildman–Crippen MR) is 105 cm³/mol. The fourth-order valence-electron chi connectivity index (χ4n) is 4.43. The van der Waals surface area contributed by atoms with E-state index in [1.165, 1.54) is 12.8 Å². The van der Waals surface area contributed by atoms with E-state index >= 15 is 0 Å². The maximum absolute atomic E-state index is 13.0. The highest BCUT2D eigenvalue weighted by Gasteiger charge is 2.34. The molecule has 3 atom stereocenters. The number of aliphatic hydroxyl groups excluding tert-OH is 1. The Kier molecular flexibility index (Phi) is 5.16. The molecule has 1 aliphatic heterocycles. The molecule has 1 aromatic heterocycles. The molecule has 1 aromatic carbocycles. The van der Waals surface area contributed by atoms with Crippen LogP contribution in [0.2, 0.25) is 0 Å². The first-order valence-electron chi connectivity index (χ1n) is 9.90. The molecule has 0 bridgehead atoms. The second kappa shape index (κ2) is 7.72. The quantitative estimate of drug-likeness (QED) is 0.850. The standard InChI is InChI=1S/C21H28N4O2/c1-15-4-5-19(25-7-2-3-8-25)17(10-15)21(27)23-18-11-16(12-20(18)26)13-24-9-6-22-14-24/h4-6,9-10,14,16,18,20,26H,2-3,7-8,11-13H2,1H3,(H,23,27)/t16?,18-,20-/m1/s1. The lowest BCUT2D eigenvalue weighted by atomic mass is 10.1. The summed E-state index contributed by atoms with van der Waals surface area (Å²) in [6, 6.07) is 5.89. The van der Waals surface area contributed by atoms with Crippen molar-refractivity contribution in [3.8, 4) is 0 Å². The second-order valence-electron chi connectivity index (χ2n) is 7.96. The molecule has 2 heterocycles. The molecule has 2 N–H and O–H groups in total. The number of aliphatic hydroxyl groups is 1. The van der Waals surface area contributed by atoms with Crippen LogP contribution in [0.15, 0.2) is 36.9 Å². The normalized spacial score (nSPS) is 25.1. The Labute approximate surface area is 160 Å². The van der Waals surface area contributed by atoms with Crippen LogP contribution < -0.4 is 10.2 Å². The Hall–Kier alpha value is -2.34. The molecular weight excluding hydrogens is 340 g/mol. The average Bonchev–Trinajstić information content (AvgIpc) is 3.39. The van der Waals surface area contributed by atoms with E-state index in [2.05, 4.69) is 27.3 Å². The highest BCUT2D eigenvalue weighted by atomic mass is 16.3. The van der Waals surface area contributed by atoms with Gasteiger partial charge in [0.1, 0.15) is 0 Å². The van der Waals surface area contributed by atoms with Gasteiger partial charge in [-0.05, 0) is 50.7 Å². The summed E-state index contributed by atoms with van der Waals surface area (Å²) in [5.41, 5.74) is 2.81. The Morgan fingerprint density at radius 3 is 2.85 bits per heavy atom. The summed E-state index contributed by atoms with van der Waals surface area (Å²) in [5, 5.41) is 13.6. The third-order valence-electron chi connectivity index (χ3n) is 5.81. The number of aryl methyl sites for hydroxylation is 1. The van der Waals surface area contributed by atoms with Gasteiger partial charge in [0.05, 0.1) is 24.0 Å². The minimum Gasteiger partial charge on any atom is -0.391 e. The van der Waals surface area contributed by atoms with Crippen molar-refractivity contribution in [3.63, 3.8) is 0 Å². The first kappa shape index (κ1) is 18.0. The number of hydrogen-bond acceptors (Lipinski definition) is 4. The zero-order chi connectivity index (χ0) is 18.8. The van der Waals surface area contributed by atoms with Crippen molar-refractivity contribution in [2.24, 2.45) is 5.92 Å². The van der Waals surface area contributed by atoms with Crippen molar-refractivity contribution in [1.82, 2.24) is 14.9 Å². The lowest BCUT2D eigenvalue weighted by Crippen LogP contribution is -2.40. The van der Waals surface area contributed by atoms with E-state index in [4.69, 9.17) is 0 Å². The van der Waals surface area contributed by atoms with Crippen LogP contribution in [0.1, 0.15) is 41.6 Å². The van der Waals surface area contributed by atoms with Crippen LogP contribution in [-0.2, 0) is 6.54 Å². The minimum atomic E-state index is -0.498. The summed E-state index contributed by atoms with van der Waals surface area (Å²) in [6.07, 6.45) is 8.84. The van der Waals surface area contributed by atoms with Gasteiger partial charge in [-0.25, -0.2) is 4.98 Å². The molecule has 2 aromatic rings. The van der Waals surface area contributed by atoms with Crippen molar-refractivity contribution >= 4 is 11.6 Å². The van der Waals surface area contributed by atoms with Crippen molar-refractivity contribution in [2.75, 3.05) is 18.0 Å².